The second kappa shape index (κ2) is 15.8. The number of aliphatic imine (C=N–C) groups is 1. The highest BCUT2D eigenvalue weighted by Gasteiger charge is 2.09. The molecule has 0 saturated carbocycles. The van der Waals surface area contributed by atoms with Crippen molar-refractivity contribution in [1.82, 2.24) is 15.5 Å². The van der Waals surface area contributed by atoms with Crippen molar-refractivity contribution in [2.45, 2.75) is 26.7 Å². The van der Waals surface area contributed by atoms with Crippen LogP contribution in [0, 0.1) is 0 Å². The van der Waals surface area contributed by atoms with Crippen molar-refractivity contribution in [3.63, 3.8) is 0 Å². The van der Waals surface area contributed by atoms with Gasteiger partial charge in [0.05, 0.1) is 26.4 Å². The first-order valence-electron chi connectivity index (χ1n) is 8.26. The summed E-state index contributed by atoms with van der Waals surface area (Å²) in [6.07, 6.45) is 2.31. The van der Waals surface area contributed by atoms with Crippen LogP contribution in [0.4, 0.5) is 0 Å². The Labute approximate surface area is 152 Å². The highest BCUT2D eigenvalue weighted by Crippen LogP contribution is 1.95. The average molecular weight is 428 g/mol. The summed E-state index contributed by atoms with van der Waals surface area (Å²) in [5.41, 5.74) is 0. The summed E-state index contributed by atoms with van der Waals surface area (Å²) >= 11 is 0. The summed E-state index contributed by atoms with van der Waals surface area (Å²) in [6.45, 7) is 13.0. The minimum absolute atomic E-state index is 0. The molecule has 0 spiro atoms. The number of nitrogens with zero attached hydrogens (tertiary/aromatic N) is 2. The molecule has 6 nitrogen and oxygen atoms in total. The molecular weight excluding hydrogens is 395 g/mol. The van der Waals surface area contributed by atoms with Gasteiger partial charge in [-0.15, -0.1) is 24.0 Å². The van der Waals surface area contributed by atoms with Crippen LogP contribution < -0.4 is 10.6 Å². The molecule has 22 heavy (non-hydrogen) atoms. The van der Waals surface area contributed by atoms with Gasteiger partial charge in [0, 0.05) is 39.3 Å². The molecule has 0 atom stereocenters. The number of hydrogen-bond donors (Lipinski definition) is 2. The van der Waals surface area contributed by atoms with Crippen LogP contribution in [-0.2, 0) is 9.47 Å². The van der Waals surface area contributed by atoms with Crippen LogP contribution in [0.15, 0.2) is 4.99 Å². The maximum Gasteiger partial charge on any atom is 0.191 e. The van der Waals surface area contributed by atoms with Crippen LogP contribution >= 0.6 is 24.0 Å². The van der Waals surface area contributed by atoms with Gasteiger partial charge in [0.15, 0.2) is 5.96 Å². The Morgan fingerprint density at radius 2 is 1.95 bits per heavy atom. The van der Waals surface area contributed by atoms with E-state index in [2.05, 4.69) is 34.4 Å². The SMILES string of the molecule is CCCCOCCNC(=NCCN1CCOCC1)NCC.I. The third-order valence-corrected chi connectivity index (χ3v) is 3.32. The summed E-state index contributed by atoms with van der Waals surface area (Å²) < 4.78 is 10.9. The van der Waals surface area contributed by atoms with Gasteiger partial charge in [0.2, 0.25) is 0 Å². The minimum atomic E-state index is 0. The summed E-state index contributed by atoms with van der Waals surface area (Å²) in [5, 5.41) is 6.57. The summed E-state index contributed by atoms with van der Waals surface area (Å²) in [7, 11) is 0. The van der Waals surface area contributed by atoms with E-state index in [1.54, 1.807) is 0 Å². The molecule has 0 aromatic heterocycles. The van der Waals surface area contributed by atoms with Crippen LogP contribution in [0.2, 0.25) is 0 Å². The second-order valence-corrected chi connectivity index (χ2v) is 5.11. The Morgan fingerprint density at radius 3 is 2.64 bits per heavy atom. The van der Waals surface area contributed by atoms with E-state index < -0.39 is 0 Å². The van der Waals surface area contributed by atoms with Gasteiger partial charge < -0.3 is 20.1 Å². The van der Waals surface area contributed by atoms with Crippen molar-refractivity contribution in [3.8, 4) is 0 Å². The number of hydrogen-bond acceptors (Lipinski definition) is 4. The molecule has 0 radical (unpaired) electrons. The summed E-state index contributed by atoms with van der Waals surface area (Å²) in [5.74, 6) is 0.879. The van der Waals surface area contributed by atoms with E-state index in [1.165, 1.54) is 6.42 Å². The molecule has 0 unspecified atom stereocenters. The highest BCUT2D eigenvalue weighted by atomic mass is 127. The van der Waals surface area contributed by atoms with Crippen LogP contribution in [0.5, 0.6) is 0 Å². The van der Waals surface area contributed by atoms with E-state index >= 15 is 0 Å². The fourth-order valence-corrected chi connectivity index (χ4v) is 2.06. The monoisotopic (exact) mass is 428 g/mol. The number of halogens is 1. The van der Waals surface area contributed by atoms with Gasteiger partial charge in [0.25, 0.3) is 0 Å². The number of unbranched alkanes of at least 4 members (excludes halogenated alkanes) is 1. The first-order valence-corrected chi connectivity index (χ1v) is 8.26. The molecule has 0 aromatic carbocycles. The lowest BCUT2D eigenvalue weighted by molar-refractivity contribution is 0.0394. The van der Waals surface area contributed by atoms with Gasteiger partial charge in [0.1, 0.15) is 0 Å². The average Bonchev–Trinajstić information content (AvgIpc) is 2.51. The molecule has 1 aliphatic heterocycles. The fraction of sp³-hybridized carbons (Fsp3) is 0.933. The molecule has 0 bridgehead atoms. The van der Waals surface area contributed by atoms with Gasteiger partial charge in [-0.05, 0) is 13.3 Å². The zero-order valence-corrected chi connectivity index (χ0v) is 16.4. The zero-order chi connectivity index (χ0) is 15.2. The fourth-order valence-electron chi connectivity index (χ4n) is 2.06. The largest absolute Gasteiger partial charge is 0.380 e. The summed E-state index contributed by atoms with van der Waals surface area (Å²) in [4.78, 5) is 6.99. The minimum Gasteiger partial charge on any atom is -0.380 e. The maximum atomic E-state index is 5.53. The predicted molar refractivity (Wildman–Crippen MR) is 102 cm³/mol. The molecular formula is C15H33IN4O2. The van der Waals surface area contributed by atoms with Crippen molar-refractivity contribution in [3.05, 3.63) is 0 Å². The van der Waals surface area contributed by atoms with Gasteiger partial charge in [-0.3, -0.25) is 9.89 Å². The molecule has 132 valence electrons. The molecule has 0 amide bonds. The van der Waals surface area contributed by atoms with Crippen LogP contribution in [0.3, 0.4) is 0 Å². The standard InChI is InChI=1S/C15H32N4O2.HI/c1-3-5-11-20-12-7-18-15(16-4-2)17-6-8-19-9-13-21-14-10-19;/h3-14H2,1-2H3,(H2,16,17,18);1H. The molecule has 0 aromatic rings. The van der Waals surface area contributed by atoms with Crippen LogP contribution in [0.1, 0.15) is 26.7 Å². The topological polar surface area (TPSA) is 58.1 Å². The van der Waals surface area contributed by atoms with Crippen molar-refractivity contribution in [2.75, 3.05) is 65.7 Å². The predicted octanol–water partition coefficient (Wildman–Crippen LogP) is 1.31. The van der Waals surface area contributed by atoms with E-state index in [4.69, 9.17) is 9.47 Å². The van der Waals surface area contributed by atoms with E-state index in [-0.39, 0.29) is 24.0 Å². The third kappa shape index (κ3) is 11.4. The zero-order valence-electron chi connectivity index (χ0n) is 14.1. The van der Waals surface area contributed by atoms with Crippen molar-refractivity contribution >= 4 is 29.9 Å². The molecule has 2 N–H and O–H groups in total. The van der Waals surface area contributed by atoms with Crippen molar-refractivity contribution in [2.24, 2.45) is 4.99 Å². The Morgan fingerprint density at radius 1 is 1.18 bits per heavy atom. The van der Waals surface area contributed by atoms with E-state index in [0.29, 0.717) is 0 Å². The second-order valence-electron chi connectivity index (χ2n) is 5.11. The first kappa shape index (κ1) is 21.9. The quantitative estimate of drug-likeness (QED) is 0.238. The molecule has 1 rings (SSSR count). The molecule has 1 saturated heterocycles. The molecule has 1 heterocycles. The lowest BCUT2D eigenvalue weighted by atomic mass is 10.4. The van der Waals surface area contributed by atoms with Gasteiger partial charge >= 0.3 is 0 Å². The van der Waals surface area contributed by atoms with Crippen LogP contribution in [-0.4, -0.2) is 76.6 Å². The molecule has 7 heteroatoms. The normalized spacial score (nSPS) is 16.2. The van der Waals surface area contributed by atoms with E-state index in [0.717, 1.165) is 78.1 Å². The number of rotatable bonds is 10. The molecule has 1 aliphatic rings. The molecule has 0 aliphatic carbocycles. The summed E-state index contributed by atoms with van der Waals surface area (Å²) in [6, 6.07) is 0. The maximum absolute atomic E-state index is 5.53. The Bertz CT molecular complexity index is 274. The Balaban J connectivity index is 0.00000441. The first-order chi connectivity index (χ1) is 10.4. The Kier molecular flexibility index (Phi) is 15.7. The lowest BCUT2D eigenvalue weighted by Gasteiger charge is -2.25. The number of morpholine rings is 1. The highest BCUT2D eigenvalue weighted by molar-refractivity contribution is 14.0. The van der Waals surface area contributed by atoms with Crippen molar-refractivity contribution < 1.29 is 9.47 Å². The number of nitrogens with one attached hydrogen (secondary N) is 2. The van der Waals surface area contributed by atoms with Crippen LogP contribution in [0.25, 0.3) is 0 Å². The Hall–Kier alpha value is -0.120. The molecule has 1 fully saturated rings. The number of ether oxygens (including phenoxy) is 2. The lowest BCUT2D eigenvalue weighted by Crippen LogP contribution is -2.41. The number of guanidine groups is 1. The van der Waals surface area contributed by atoms with E-state index in [9.17, 15) is 0 Å². The van der Waals surface area contributed by atoms with E-state index in [1.807, 2.05) is 0 Å². The van der Waals surface area contributed by atoms with Gasteiger partial charge in [-0.2, -0.15) is 0 Å². The smallest absolute Gasteiger partial charge is 0.191 e. The van der Waals surface area contributed by atoms with Gasteiger partial charge in [-0.1, -0.05) is 13.3 Å². The van der Waals surface area contributed by atoms with Gasteiger partial charge in [-0.25, -0.2) is 0 Å². The third-order valence-electron chi connectivity index (χ3n) is 3.32. The van der Waals surface area contributed by atoms with Crippen molar-refractivity contribution in [1.29, 1.82) is 0 Å².